The van der Waals surface area contributed by atoms with Gasteiger partial charge in [-0.2, -0.15) is 0 Å². The van der Waals surface area contributed by atoms with Crippen molar-refractivity contribution in [2.24, 2.45) is 11.5 Å². The van der Waals surface area contributed by atoms with Gasteiger partial charge in [0, 0.05) is 12.6 Å². The van der Waals surface area contributed by atoms with Gasteiger partial charge in [0.25, 0.3) is 0 Å². The maximum absolute atomic E-state index is 8.49. The zero-order chi connectivity index (χ0) is 6.57. The van der Waals surface area contributed by atoms with Crippen LogP contribution < -0.4 is 11.5 Å². The predicted octanol–water partition coefficient (Wildman–Crippen LogP) is -2.03. The summed E-state index contributed by atoms with van der Waals surface area (Å²) in [5, 5.41) is 16.7. The van der Waals surface area contributed by atoms with Crippen molar-refractivity contribution in [3.05, 3.63) is 0 Å². The number of rotatable bonds is 3. The molecule has 0 fully saturated rings. The fourth-order valence-electron chi connectivity index (χ4n) is 0.320. The molecular weight excluding hydrogens is 108 g/mol. The zero-order valence-electron chi connectivity index (χ0n) is 4.62. The summed E-state index contributed by atoms with van der Waals surface area (Å²) in [6, 6.07) is -0.500. The van der Waals surface area contributed by atoms with Gasteiger partial charge in [-0.05, 0) is 6.42 Å². The molecule has 2 unspecified atom stereocenters. The molecule has 0 bridgehead atoms. The van der Waals surface area contributed by atoms with Crippen LogP contribution in [0.5, 0.6) is 0 Å². The van der Waals surface area contributed by atoms with Gasteiger partial charge in [-0.1, -0.05) is 0 Å². The lowest BCUT2D eigenvalue weighted by Gasteiger charge is -2.11. The van der Waals surface area contributed by atoms with Crippen LogP contribution in [0.15, 0.2) is 0 Å². The van der Waals surface area contributed by atoms with Gasteiger partial charge in [0.1, 0.15) is 6.23 Å². The van der Waals surface area contributed by atoms with E-state index in [0.717, 1.165) is 0 Å². The van der Waals surface area contributed by atoms with Crippen LogP contribution in [0.4, 0.5) is 0 Å². The number of hydrogen-bond acceptors (Lipinski definition) is 4. The Hall–Kier alpha value is -0.160. The monoisotopic (exact) mass is 120 g/mol. The van der Waals surface area contributed by atoms with Crippen LogP contribution in [0.2, 0.25) is 0 Å². The fraction of sp³-hybridized carbons (Fsp3) is 1.00. The van der Waals surface area contributed by atoms with Gasteiger partial charge in [-0.3, -0.25) is 0 Å². The van der Waals surface area contributed by atoms with Crippen molar-refractivity contribution in [3.63, 3.8) is 0 Å². The highest BCUT2D eigenvalue weighted by molar-refractivity contribution is 4.64. The largest absolute Gasteiger partial charge is 0.396 e. The molecular formula is C4H12N2O2. The van der Waals surface area contributed by atoms with Crippen LogP contribution in [0.1, 0.15) is 6.42 Å². The van der Waals surface area contributed by atoms with E-state index in [1.807, 2.05) is 0 Å². The van der Waals surface area contributed by atoms with Crippen LogP contribution in [-0.4, -0.2) is 29.1 Å². The molecule has 0 aliphatic rings. The number of nitrogens with two attached hydrogens (primary N) is 2. The minimum Gasteiger partial charge on any atom is -0.396 e. The summed E-state index contributed by atoms with van der Waals surface area (Å²) in [7, 11) is 0. The van der Waals surface area contributed by atoms with E-state index in [2.05, 4.69) is 0 Å². The highest BCUT2D eigenvalue weighted by atomic mass is 16.3. The van der Waals surface area contributed by atoms with Gasteiger partial charge in [-0.25, -0.2) is 0 Å². The Morgan fingerprint density at radius 3 is 2.00 bits per heavy atom. The van der Waals surface area contributed by atoms with Crippen LogP contribution >= 0.6 is 0 Å². The van der Waals surface area contributed by atoms with Gasteiger partial charge in [0.15, 0.2) is 0 Å². The lowest BCUT2D eigenvalue weighted by atomic mass is 10.2. The van der Waals surface area contributed by atoms with Gasteiger partial charge in [-0.15, -0.1) is 0 Å². The lowest BCUT2D eigenvalue weighted by Crippen LogP contribution is -2.41. The van der Waals surface area contributed by atoms with Gasteiger partial charge in [0.2, 0.25) is 0 Å². The van der Waals surface area contributed by atoms with Crippen molar-refractivity contribution in [2.45, 2.75) is 18.7 Å². The van der Waals surface area contributed by atoms with E-state index in [-0.39, 0.29) is 6.61 Å². The zero-order valence-corrected chi connectivity index (χ0v) is 4.62. The second-order valence-corrected chi connectivity index (χ2v) is 1.67. The maximum Gasteiger partial charge on any atom is 0.117 e. The Morgan fingerprint density at radius 2 is 1.88 bits per heavy atom. The molecule has 0 saturated carbocycles. The summed E-state index contributed by atoms with van der Waals surface area (Å²) in [5.41, 5.74) is 10.1. The SMILES string of the molecule is NC(O)C(N)CCO. The van der Waals surface area contributed by atoms with E-state index in [4.69, 9.17) is 21.7 Å². The molecule has 0 aliphatic heterocycles. The molecule has 0 radical (unpaired) electrons. The number of aliphatic hydroxyl groups is 2. The van der Waals surface area contributed by atoms with Crippen LogP contribution in [-0.2, 0) is 0 Å². The average Bonchev–Trinajstić information content (AvgIpc) is 1.67. The molecule has 0 amide bonds. The minimum absolute atomic E-state index is 0.0323. The van der Waals surface area contributed by atoms with Crippen molar-refractivity contribution in [2.75, 3.05) is 6.61 Å². The molecule has 4 nitrogen and oxygen atoms in total. The van der Waals surface area contributed by atoms with E-state index >= 15 is 0 Å². The third kappa shape index (κ3) is 2.92. The molecule has 50 valence electrons. The second-order valence-electron chi connectivity index (χ2n) is 1.67. The summed E-state index contributed by atoms with van der Waals surface area (Å²) in [5.74, 6) is 0. The van der Waals surface area contributed by atoms with Crippen molar-refractivity contribution in [1.29, 1.82) is 0 Å². The maximum atomic E-state index is 8.49. The molecule has 2 atom stereocenters. The van der Waals surface area contributed by atoms with Gasteiger partial charge < -0.3 is 21.7 Å². The van der Waals surface area contributed by atoms with E-state index < -0.39 is 12.3 Å². The molecule has 0 aromatic carbocycles. The molecule has 0 aromatic rings. The molecule has 8 heavy (non-hydrogen) atoms. The minimum atomic E-state index is -1.01. The van der Waals surface area contributed by atoms with Crippen LogP contribution in [0.25, 0.3) is 0 Å². The summed E-state index contributed by atoms with van der Waals surface area (Å²) in [4.78, 5) is 0. The van der Waals surface area contributed by atoms with Gasteiger partial charge in [0.05, 0.1) is 0 Å². The van der Waals surface area contributed by atoms with E-state index in [0.29, 0.717) is 6.42 Å². The number of aliphatic hydroxyl groups excluding tert-OH is 2. The third-order valence-electron chi connectivity index (χ3n) is 0.901. The Labute approximate surface area is 48.1 Å². The predicted molar refractivity (Wildman–Crippen MR) is 29.9 cm³/mol. The Bertz CT molecular complexity index is 58.0. The first-order valence-corrected chi connectivity index (χ1v) is 2.48. The smallest absolute Gasteiger partial charge is 0.117 e. The third-order valence-corrected chi connectivity index (χ3v) is 0.901. The molecule has 0 saturated heterocycles. The first-order valence-electron chi connectivity index (χ1n) is 2.48. The first-order chi connectivity index (χ1) is 3.68. The van der Waals surface area contributed by atoms with Crippen LogP contribution in [0, 0.1) is 0 Å². The summed E-state index contributed by atoms with van der Waals surface area (Å²) in [6.07, 6.45) is -0.667. The highest BCUT2D eigenvalue weighted by Gasteiger charge is 2.06. The number of hydrogen-bond donors (Lipinski definition) is 4. The Morgan fingerprint density at radius 1 is 1.38 bits per heavy atom. The summed E-state index contributed by atoms with van der Waals surface area (Å²) in [6.45, 7) is -0.0323. The first kappa shape index (κ1) is 7.84. The summed E-state index contributed by atoms with van der Waals surface area (Å²) < 4.78 is 0. The van der Waals surface area contributed by atoms with Crippen LogP contribution in [0.3, 0.4) is 0 Å². The molecule has 4 heteroatoms. The second kappa shape index (κ2) is 3.80. The quantitative estimate of drug-likeness (QED) is 0.323. The molecule has 6 N–H and O–H groups in total. The average molecular weight is 120 g/mol. The molecule has 0 heterocycles. The Balaban J connectivity index is 3.17. The van der Waals surface area contributed by atoms with Crippen molar-refractivity contribution >= 4 is 0 Å². The topological polar surface area (TPSA) is 92.5 Å². The summed E-state index contributed by atoms with van der Waals surface area (Å²) >= 11 is 0. The van der Waals surface area contributed by atoms with Crippen molar-refractivity contribution in [1.82, 2.24) is 0 Å². The van der Waals surface area contributed by atoms with Gasteiger partial charge >= 0.3 is 0 Å². The van der Waals surface area contributed by atoms with E-state index in [1.54, 1.807) is 0 Å². The van der Waals surface area contributed by atoms with Crippen molar-refractivity contribution in [3.8, 4) is 0 Å². The fourth-order valence-corrected chi connectivity index (χ4v) is 0.320. The normalized spacial score (nSPS) is 18.0. The van der Waals surface area contributed by atoms with E-state index in [1.165, 1.54) is 0 Å². The molecule has 0 aliphatic carbocycles. The molecule has 0 aromatic heterocycles. The van der Waals surface area contributed by atoms with Crippen molar-refractivity contribution < 1.29 is 10.2 Å². The highest BCUT2D eigenvalue weighted by Crippen LogP contribution is 1.86. The standard InChI is InChI=1S/C4H12N2O2/c5-3(1-2-7)4(6)8/h3-4,7-8H,1-2,5-6H2. The molecule has 0 rings (SSSR count). The Kier molecular flexibility index (Phi) is 3.72. The lowest BCUT2D eigenvalue weighted by molar-refractivity contribution is 0.134. The molecule has 0 spiro atoms. The van der Waals surface area contributed by atoms with E-state index in [9.17, 15) is 0 Å².